The third kappa shape index (κ3) is 5.37. The predicted molar refractivity (Wildman–Crippen MR) is 113 cm³/mol. The molecule has 8 nitrogen and oxygen atoms in total. The van der Waals surface area contributed by atoms with Gasteiger partial charge in [0, 0.05) is 6.42 Å². The lowest BCUT2D eigenvalue weighted by Gasteiger charge is -2.25. The van der Waals surface area contributed by atoms with Crippen LogP contribution in [0.5, 0.6) is 11.5 Å². The van der Waals surface area contributed by atoms with Crippen LogP contribution in [0.2, 0.25) is 0 Å². The Hall–Kier alpha value is -3.46. The number of nitrogens with zero attached hydrogens (tertiary/aromatic N) is 1. The van der Waals surface area contributed by atoms with Crippen molar-refractivity contribution in [1.29, 1.82) is 0 Å². The SMILES string of the molecule is O=C(COC(=O)CCCc1nc2ccccc2s1)NC(=O)C1COc2ccccc2O1. The number of thiazole rings is 1. The van der Waals surface area contributed by atoms with Gasteiger partial charge in [0.25, 0.3) is 11.8 Å². The van der Waals surface area contributed by atoms with Crippen molar-refractivity contribution >= 4 is 39.3 Å². The Kier molecular flexibility index (Phi) is 6.42. The number of aryl methyl sites for hydroxylation is 1. The number of nitrogens with one attached hydrogen (secondary N) is 1. The van der Waals surface area contributed by atoms with Gasteiger partial charge in [-0.3, -0.25) is 19.7 Å². The van der Waals surface area contributed by atoms with Crippen LogP contribution in [-0.4, -0.2) is 42.1 Å². The van der Waals surface area contributed by atoms with E-state index in [0.29, 0.717) is 24.3 Å². The maximum Gasteiger partial charge on any atom is 0.306 e. The zero-order valence-corrected chi connectivity index (χ0v) is 17.4. The van der Waals surface area contributed by atoms with Gasteiger partial charge < -0.3 is 14.2 Å². The molecule has 2 amide bonds. The summed E-state index contributed by atoms with van der Waals surface area (Å²) in [5, 5.41) is 3.12. The molecule has 3 aromatic rings. The summed E-state index contributed by atoms with van der Waals surface area (Å²) in [6, 6.07) is 14.8. The standard InChI is InChI=1S/C22H20N2O6S/c25-19(24-22(27)17-12-28-15-7-2-3-8-16(15)30-17)13-29-21(26)11-5-10-20-23-14-6-1-4-9-18(14)31-20/h1-4,6-9,17H,5,10-13H2,(H,24,25,27). The molecule has 2 aromatic carbocycles. The molecule has 1 unspecified atom stereocenters. The van der Waals surface area contributed by atoms with E-state index in [0.717, 1.165) is 15.2 Å². The number of hydrogen-bond donors (Lipinski definition) is 1. The summed E-state index contributed by atoms with van der Waals surface area (Å²) in [5.74, 6) is -0.896. The van der Waals surface area contributed by atoms with Gasteiger partial charge in [-0.25, -0.2) is 4.98 Å². The maximum atomic E-state index is 12.2. The van der Waals surface area contributed by atoms with Crippen LogP contribution in [0.25, 0.3) is 10.2 Å². The average Bonchev–Trinajstić information content (AvgIpc) is 3.20. The van der Waals surface area contributed by atoms with Crippen LogP contribution in [-0.2, 0) is 25.5 Å². The van der Waals surface area contributed by atoms with E-state index >= 15 is 0 Å². The molecule has 0 saturated carbocycles. The van der Waals surface area contributed by atoms with E-state index in [1.165, 1.54) is 0 Å². The number of fused-ring (bicyclic) bond motifs is 2. The second-order valence-corrected chi connectivity index (χ2v) is 7.98. The number of benzene rings is 2. The maximum absolute atomic E-state index is 12.2. The lowest BCUT2D eigenvalue weighted by atomic mass is 10.2. The molecule has 1 N–H and O–H groups in total. The Morgan fingerprint density at radius 1 is 1.10 bits per heavy atom. The number of hydrogen-bond acceptors (Lipinski definition) is 8. The first-order chi connectivity index (χ1) is 15.1. The largest absolute Gasteiger partial charge is 0.485 e. The average molecular weight is 440 g/mol. The summed E-state index contributed by atoms with van der Waals surface area (Å²) in [4.78, 5) is 40.5. The number of esters is 1. The molecule has 31 heavy (non-hydrogen) atoms. The molecule has 9 heteroatoms. The van der Waals surface area contributed by atoms with Crippen molar-refractivity contribution in [2.24, 2.45) is 0 Å². The lowest BCUT2D eigenvalue weighted by Crippen LogP contribution is -2.47. The van der Waals surface area contributed by atoms with Crippen LogP contribution in [0.1, 0.15) is 17.8 Å². The number of carbonyl (C=O) groups is 3. The van der Waals surface area contributed by atoms with Gasteiger partial charge >= 0.3 is 5.97 Å². The number of carbonyl (C=O) groups excluding carboxylic acids is 3. The Morgan fingerprint density at radius 3 is 2.71 bits per heavy atom. The zero-order chi connectivity index (χ0) is 21.6. The molecule has 1 aromatic heterocycles. The number of para-hydroxylation sites is 3. The molecule has 4 rings (SSSR count). The number of ether oxygens (including phenoxy) is 3. The summed E-state index contributed by atoms with van der Waals surface area (Å²) in [7, 11) is 0. The number of aromatic nitrogens is 1. The van der Waals surface area contributed by atoms with Gasteiger partial charge in [-0.2, -0.15) is 0 Å². The van der Waals surface area contributed by atoms with E-state index < -0.39 is 30.5 Å². The van der Waals surface area contributed by atoms with Crippen LogP contribution >= 0.6 is 11.3 Å². The minimum absolute atomic E-state index is 0.0122. The van der Waals surface area contributed by atoms with E-state index in [4.69, 9.17) is 14.2 Å². The molecular formula is C22H20N2O6S. The molecule has 1 aliphatic rings. The highest BCUT2D eigenvalue weighted by molar-refractivity contribution is 7.18. The molecular weight excluding hydrogens is 420 g/mol. The minimum Gasteiger partial charge on any atom is -0.485 e. The molecule has 0 saturated heterocycles. The van der Waals surface area contributed by atoms with E-state index in [2.05, 4.69) is 10.3 Å². The molecule has 2 heterocycles. The van der Waals surface area contributed by atoms with Crippen molar-refractivity contribution in [3.8, 4) is 11.5 Å². The van der Waals surface area contributed by atoms with Gasteiger partial charge in [-0.15, -0.1) is 11.3 Å². The Balaban J connectivity index is 1.15. The first kappa shape index (κ1) is 20.8. The zero-order valence-electron chi connectivity index (χ0n) is 16.5. The Bertz CT molecular complexity index is 1080. The first-order valence-corrected chi connectivity index (χ1v) is 10.6. The van der Waals surface area contributed by atoms with Crippen molar-refractivity contribution < 1.29 is 28.6 Å². The van der Waals surface area contributed by atoms with Crippen molar-refractivity contribution in [3.63, 3.8) is 0 Å². The van der Waals surface area contributed by atoms with Crippen LogP contribution in [0, 0.1) is 0 Å². The summed E-state index contributed by atoms with van der Waals surface area (Å²) in [5.41, 5.74) is 0.947. The number of rotatable bonds is 7. The summed E-state index contributed by atoms with van der Waals surface area (Å²) in [6.45, 7) is -0.544. The Labute approximate surface area is 182 Å². The Morgan fingerprint density at radius 2 is 1.87 bits per heavy atom. The second kappa shape index (κ2) is 9.57. The van der Waals surface area contributed by atoms with Crippen molar-refractivity contribution in [2.45, 2.75) is 25.4 Å². The lowest BCUT2D eigenvalue weighted by molar-refractivity contribution is -0.150. The fraction of sp³-hybridized carbons (Fsp3) is 0.273. The monoisotopic (exact) mass is 440 g/mol. The second-order valence-electron chi connectivity index (χ2n) is 6.87. The van der Waals surface area contributed by atoms with Gasteiger partial charge in [0.2, 0.25) is 6.10 Å². The van der Waals surface area contributed by atoms with Gasteiger partial charge in [-0.1, -0.05) is 24.3 Å². The quantitative estimate of drug-likeness (QED) is 0.563. The topological polar surface area (TPSA) is 104 Å². The van der Waals surface area contributed by atoms with Crippen molar-refractivity contribution in [2.75, 3.05) is 13.2 Å². The van der Waals surface area contributed by atoms with E-state index in [9.17, 15) is 14.4 Å². The molecule has 0 aliphatic carbocycles. The third-order valence-corrected chi connectivity index (χ3v) is 5.63. The van der Waals surface area contributed by atoms with Crippen LogP contribution < -0.4 is 14.8 Å². The number of imide groups is 1. The molecule has 0 bridgehead atoms. The fourth-order valence-electron chi connectivity index (χ4n) is 3.03. The predicted octanol–water partition coefficient (Wildman–Crippen LogP) is 2.65. The molecule has 0 radical (unpaired) electrons. The van der Waals surface area contributed by atoms with Crippen LogP contribution in [0.3, 0.4) is 0 Å². The molecule has 1 aliphatic heterocycles. The van der Waals surface area contributed by atoms with Gasteiger partial charge in [-0.05, 0) is 37.1 Å². The molecule has 0 fully saturated rings. The smallest absolute Gasteiger partial charge is 0.306 e. The normalized spacial score (nSPS) is 14.8. The fourth-order valence-corrected chi connectivity index (χ4v) is 4.04. The van der Waals surface area contributed by atoms with Crippen molar-refractivity contribution in [1.82, 2.24) is 10.3 Å². The highest BCUT2D eigenvalue weighted by Gasteiger charge is 2.28. The third-order valence-electron chi connectivity index (χ3n) is 4.54. The van der Waals surface area contributed by atoms with E-state index in [1.54, 1.807) is 35.6 Å². The minimum atomic E-state index is -0.955. The van der Waals surface area contributed by atoms with Gasteiger partial charge in [0.1, 0.15) is 6.61 Å². The summed E-state index contributed by atoms with van der Waals surface area (Å²) < 4.78 is 17.0. The number of amides is 2. The van der Waals surface area contributed by atoms with E-state index in [1.807, 2.05) is 24.3 Å². The van der Waals surface area contributed by atoms with Crippen molar-refractivity contribution in [3.05, 3.63) is 53.5 Å². The summed E-state index contributed by atoms with van der Waals surface area (Å²) >= 11 is 1.60. The van der Waals surface area contributed by atoms with Gasteiger partial charge in [0.15, 0.2) is 18.1 Å². The molecule has 1 atom stereocenters. The summed E-state index contributed by atoms with van der Waals surface area (Å²) in [6.07, 6.45) is 0.419. The van der Waals surface area contributed by atoms with Crippen LogP contribution in [0.15, 0.2) is 48.5 Å². The van der Waals surface area contributed by atoms with E-state index in [-0.39, 0.29) is 13.0 Å². The van der Waals surface area contributed by atoms with Gasteiger partial charge in [0.05, 0.1) is 15.2 Å². The van der Waals surface area contributed by atoms with Crippen LogP contribution in [0.4, 0.5) is 0 Å². The highest BCUT2D eigenvalue weighted by atomic mass is 32.1. The molecule has 0 spiro atoms. The molecule has 160 valence electrons. The highest BCUT2D eigenvalue weighted by Crippen LogP contribution is 2.30. The first-order valence-electron chi connectivity index (χ1n) is 9.81.